The molecule has 106 valence electrons. The number of aromatic nitrogens is 2. The van der Waals surface area contributed by atoms with Crippen LogP contribution in [-0.2, 0) is 4.79 Å². The Hall–Kier alpha value is -2.33. The Balaban J connectivity index is 1.92. The minimum absolute atomic E-state index is 0.0510. The van der Waals surface area contributed by atoms with Gasteiger partial charge in [-0.05, 0) is 42.8 Å². The van der Waals surface area contributed by atoms with Crippen LogP contribution in [0.4, 0.5) is 5.69 Å². The van der Waals surface area contributed by atoms with E-state index in [0.717, 1.165) is 33.7 Å². The third kappa shape index (κ3) is 2.76. The maximum atomic E-state index is 11.2. The predicted molar refractivity (Wildman–Crippen MR) is 85.6 cm³/mol. The van der Waals surface area contributed by atoms with Crippen LogP contribution in [0, 0.1) is 6.92 Å². The van der Waals surface area contributed by atoms with Gasteiger partial charge < -0.3 is 10.3 Å². The van der Waals surface area contributed by atoms with Crippen molar-refractivity contribution >= 4 is 34.2 Å². The number of nitrogens with one attached hydrogen (secondary N) is 2. The maximum absolute atomic E-state index is 11.2. The normalized spacial score (nSPS) is 10.8. The molecule has 1 aromatic heterocycles. The number of nitrogens with zero attached hydrogens (tertiary/aromatic N) is 1. The van der Waals surface area contributed by atoms with Crippen molar-refractivity contribution in [3.05, 3.63) is 48.0 Å². The molecule has 0 aliphatic carbocycles. The number of hydrogen-bond acceptors (Lipinski definition) is 2. The summed E-state index contributed by atoms with van der Waals surface area (Å²) < 4.78 is 0. The fraction of sp³-hybridized carbons (Fsp3) is 0.125. The number of imidazole rings is 1. The first-order chi connectivity index (χ1) is 10.2. The molecule has 3 rings (SSSR count). The lowest BCUT2D eigenvalue weighted by molar-refractivity contribution is -0.113. The Morgan fingerprint density at radius 2 is 2.00 bits per heavy atom. The number of aromatic amines is 1. The van der Waals surface area contributed by atoms with Crippen LogP contribution in [0.2, 0.25) is 0 Å². The largest absolute Gasteiger partial charge is 0.338 e. The molecule has 2 N–H and O–H groups in total. The number of anilines is 1. The highest BCUT2D eigenvalue weighted by Crippen LogP contribution is 2.23. The summed E-state index contributed by atoms with van der Waals surface area (Å²) in [6.07, 6.45) is 0. The monoisotopic (exact) mass is 299 g/mol. The van der Waals surface area contributed by atoms with Gasteiger partial charge in [0.05, 0.1) is 11.0 Å². The molecule has 0 saturated heterocycles. The van der Waals surface area contributed by atoms with Crippen molar-refractivity contribution in [3.63, 3.8) is 0 Å². The van der Waals surface area contributed by atoms with Gasteiger partial charge in [-0.2, -0.15) is 0 Å². The first kappa shape index (κ1) is 13.6. The summed E-state index contributed by atoms with van der Waals surface area (Å²) in [7, 11) is 0. The first-order valence-corrected chi connectivity index (χ1v) is 7.12. The number of benzene rings is 2. The third-order valence-electron chi connectivity index (χ3n) is 3.28. The minimum Gasteiger partial charge on any atom is -0.338 e. The molecule has 1 amide bonds. The van der Waals surface area contributed by atoms with Crippen LogP contribution in [-0.4, -0.2) is 21.8 Å². The standard InChI is InChI=1S/C16H14ClN3O/c1-10-3-2-4-13-15(10)20-16(19-13)11-5-7-12(8-6-11)18-14(21)9-17/h2-8H,9H2,1H3,(H,18,21)(H,19,20). The molecule has 4 nitrogen and oxygen atoms in total. The lowest BCUT2D eigenvalue weighted by atomic mass is 10.2. The predicted octanol–water partition coefficient (Wildman–Crippen LogP) is 3.72. The lowest BCUT2D eigenvalue weighted by Crippen LogP contribution is -2.12. The zero-order valence-corrected chi connectivity index (χ0v) is 12.2. The third-order valence-corrected chi connectivity index (χ3v) is 3.52. The number of aryl methyl sites for hydroxylation is 1. The Morgan fingerprint density at radius 3 is 2.67 bits per heavy atom. The molecule has 0 aliphatic rings. The highest BCUT2D eigenvalue weighted by Gasteiger charge is 2.07. The van der Waals surface area contributed by atoms with E-state index in [4.69, 9.17) is 11.6 Å². The van der Waals surface area contributed by atoms with E-state index in [1.165, 1.54) is 0 Å². The SMILES string of the molecule is Cc1cccc2[nH]c(-c3ccc(NC(=O)CCl)cc3)nc12. The summed E-state index contributed by atoms with van der Waals surface area (Å²) in [6, 6.07) is 13.5. The Morgan fingerprint density at radius 1 is 1.24 bits per heavy atom. The quantitative estimate of drug-likeness (QED) is 0.724. The molecule has 5 heteroatoms. The van der Waals surface area contributed by atoms with Crippen molar-refractivity contribution in [1.82, 2.24) is 9.97 Å². The van der Waals surface area contributed by atoms with Gasteiger partial charge in [-0.25, -0.2) is 4.98 Å². The highest BCUT2D eigenvalue weighted by molar-refractivity contribution is 6.29. The summed E-state index contributed by atoms with van der Waals surface area (Å²) in [4.78, 5) is 19.2. The summed E-state index contributed by atoms with van der Waals surface area (Å²) in [5, 5.41) is 2.70. The molecule has 0 fully saturated rings. The van der Waals surface area contributed by atoms with Crippen LogP contribution in [0.15, 0.2) is 42.5 Å². The van der Waals surface area contributed by atoms with E-state index in [9.17, 15) is 4.79 Å². The van der Waals surface area contributed by atoms with Gasteiger partial charge in [0.2, 0.25) is 5.91 Å². The molecule has 21 heavy (non-hydrogen) atoms. The Bertz CT molecular complexity index is 793. The summed E-state index contributed by atoms with van der Waals surface area (Å²) in [6.45, 7) is 2.04. The fourth-order valence-electron chi connectivity index (χ4n) is 2.22. The van der Waals surface area contributed by atoms with Gasteiger partial charge in [0, 0.05) is 11.3 Å². The van der Waals surface area contributed by atoms with E-state index in [2.05, 4.69) is 15.3 Å². The second-order valence-corrected chi connectivity index (χ2v) is 5.08. The molecule has 0 radical (unpaired) electrons. The molecule has 2 aromatic carbocycles. The summed E-state index contributed by atoms with van der Waals surface area (Å²) >= 11 is 5.46. The molecular formula is C16H14ClN3O. The number of rotatable bonds is 3. The lowest BCUT2D eigenvalue weighted by Gasteiger charge is -2.03. The van der Waals surface area contributed by atoms with E-state index >= 15 is 0 Å². The zero-order chi connectivity index (χ0) is 14.8. The van der Waals surface area contributed by atoms with Crippen LogP contribution < -0.4 is 5.32 Å². The number of fused-ring (bicyclic) bond motifs is 1. The smallest absolute Gasteiger partial charge is 0.239 e. The minimum atomic E-state index is -0.219. The van der Waals surface area contributed by atoms with Gasteiger partial charge in [-0.15, -0.1) is 11.6 Å². The van der Waals surface area contributed by atoms with E-state index in [-0.39, 0.29) is 11.8 Å². The van der Waals surface area contributed by atoms with Crippen LogP contribution in [0.25, 0.3) is 22.4 Å². The van der Waals surface area contributed by atoms with Crippen LogP contribution >= 0.6 is 11.6 Å². The molecule has 0 atom stereocenters. The molecule has 1 heterocycles. The van der Waals surface area contributed by atoms with Gasteiger partial charge >= 0.3 is 0 Å². The number of para-hydroxylation sites is 1. The summed E-state index contributed by atoms with van der Waals surface area (Å²) in [5.74, 6) is 0.545. The molecule has 3 aromatic rings. The molecule has 0 spiro atoms. The second-order valence-electron chi connectivity index (χ2n) is 4.82. The molecule has 0 unspecified atom stereocenters. The molecule has 0 saturated carbocycles. The Labute approximate surface area is 127 Å². The second kappa shape index (κ2) is 5.58. The first-order valence-electron chi connectivity index (χ1n) is 6.59. The van der Waals surface area contributed by atoms with E-state index < -0.39 is 0 Å². The van der Waals surface area contributed by atoms with Crippen LogP contribution in [0.3, 0.4) is 0 Å². The number of amides is 1. The van der Waals surface area contributed by atoms with Gasteiger partial charge in [0.15, 0.2) is 0 Å². The maximum Gasteiger partial charge on any atom is 0.239 e. The van der Waals surface area contributed by atoms with Crippen molar-refractivity contribution < 1.29 is 4.79 Å². The Kier molecular flexibility index (Phi) is 3.62. The van der Waals surface area contributed by atoms with E-state index in [1.54, 1.807) is 0 Å². The van der Waals surface area contributed by atoms with Crippen LogP contribution in [0.5, 0.6) is 0 Å². The van der Waals surface area contributed by atoms with Crippen molar-refractivity contribution in [2.75, 3.05) is 11.2 Å². The number of H-pyrrole nitrogens is 1. The highest BCUT2D eigenvalue weighted by atomic mass is 35.5. The molecule has 0 bridgehead atoms. The summed E-state index contributed by atoms with van der Waals surface area (Å²) in [5.41, 5.74) is 4.82. The van der Waals surface area contributed by atoms with Crippen molar-refractivity contribution in [1.29, 1.82) is 0 Å². The topological polar surface area (TPSA) is 57.8 Å². The van der Waals surface area contributed by atoms with E-state index in [0.29, 0.717) is 0 Å². The van der Waals surface area contributed by atoms with Gasteiger partial charge in [0.1, 0.15) is 11.7 Å². The average Bonchev–Trinajstić information content (AvgIpc) is 2.93. The number of hydrogen-bond donors (Lipinski definition) is 2. The number of carbonyl (C=O) groups excluding carboxylic acids is 1. The fourth-order valence-corrected chi connectivity index (χ4v) is 2.28. The van der Waals surface area contributed by atoms with Gasteiger partial charge in [-0.1, -0.05) is 12.1 Å². The number of alkyl halides is 1. The van der Waals surface area contributed by atoms with Gasteiger partial charge in [-0.3, -0.25) is 4.79 Å². The number of carbonyl (C=O) groups is 1. The molecule has 0 aliphatic heterocycles. The average molecular weight is 300 g/mol. The van der Waals surface area contributed by atoms with Crippen molar-refractivity contribution in [3.8, 4) is 11.4 Å². The van der Waals surface area contributed by atoms with Crippen molar-refractivity contribution in [2.24, 2.45) is 0 Å². The van der Waals surface area contributed by atoms with Gasteiger partial charge in [0.25, 0.3) is 0 Å². The van der Waals surface area contributed by atoms with Crippen LogP contribution in [0.1, 0.15) is 5.56 Å². The van der Waals surface area contributed by atoms with E-state index in [1.807, 2.05) is 49.4 Å². The molecular weight excluding hydrogens is 286 g/mol. The zero-order valence-electron chi connectivity index (χ0n) is 11.5. The van der Waals surface area contributed by atoms with Crippen molar-refractivity contribution in [2.45, 2.75) is 6.92 Å². The number of halogens is 1.